The molecule has 0 spiro atoms. The first-order chi connectivity index (χ1) is 7.77. The zero-order valence-electron chi connectivity index (χ0n) is 8.51. The lowest BCUT2D eigenvalue weighted by molar-refractivity contribution is 0.0998. The summed E-state index contributed by atoms with van der Waals surface area (Å²) in [6.07, 6.45) is 0. The van der Waals surface area contributed by atoms with Gasteiger partial charge in [0.25, 0.3) is 5.91 Å². The fourth-order valence-electron chi connectivity index (χ4n) is 1.31. The topological polar surface area (TPSA) is 52.3 Å². The lowest BCUT2D eigenvalue weighted by Gasteiger charge is -2.07. The van der Waals surface area contributed by atoms with E-state index in [4.69, 9.17) is 10.5 Å². The number of carbonyl (C=O) groups excluding carboxylic acids is 1. The van der Waals surface area contributed by atoms with Crippen LogP contribution in [-0.4, -0.2) is 5.91 Å². The van der Waals surface area contributed by atoms with E-state index in [1.807, 2.05) is 18.2 Å². The van der Waals surface area contributed by atoms with Gasteiger partial charge in [0.15, 0.2) is 0 Å². The van der Waals surface area contributed by atoms with Crippen LogP contribution >= 0.6 is 0 Å². The van der Waals surface area contributed by atoms with Gasteiger partial charge in [-0.1, -0.05) is 30.3 Å². The molecule has 0 unspecified atom stereocenters. The first kappa shape index (κ1) is 10.2. The normalized spacial score (nSPS) is 9.75. The van der Waals surface area contributed by atoms with Crippen molar-refractivity contribution in [2.75, 3.05) is 0 Å². The van der Waals surface area contributed by atoms with E-state index in [9.17, 15) is 4.79 Å². The van der Waals surface area contributed by atoms with Gasteiger partial charge in [-0.2, -0.15) is 0 Å². The molecule has 1 radical (unpaired) electrons. The van der Waals surface area contributed by atoms with E-state index in [1.165, 1.54) is 0 Å². The molecule has 0 aliphatic carbocycles. The number of carbonyl (C=O) groups is 1. The van der Waals surface area contributed by atoms with Gasteiger partial charge in [0.2, 0.25) is 0 Å². The summed E-state index contributed by atoms with van der Waals surface area (Å²) in [6.45, 7) is 0. The van der Waals surface area contributed by atoms with Crippen molar-refractivity contribution in [1.29, 1.82) is 0 Å². The van der Waals surface area contributed by atoms with Gasteiger partial charge in [0.1, 0.15) is 11.5 Å². The molecule has 0 bridgehead atoms. The molecule has 2 aromatic carbocycles. The largest absolute Gasteiger partial charge is 0.457 e. The number of ether oxygens (including phenoxy) is 1. The van der Waals surface area contributed by atoms with Crippen LogP contribution < -0.4 is 10.5 Å². The zero-order valence-corrected chi connectivity index (χ0v) is 8.51. The third-order valence-corrected chi connectivity index (χ3v) is 2.04. The van der Waals surface area contributed by atoms with Crippen LogP contribution in [0.1, 0.15) is 10.4 Å². The van der Waals surface area contributed by atoms with E-state index < -0.39 is 5.91 Å². The van der Waals surface area contributed by atoms with Gasteiger partial charge in [0.05, 0.1) is 5.56 Å². The van der Waals surface area contributed by atoms with Crippen LogP contribution in [0.25, 0.3) is 0 Å². The number of rotatable bonds is 3. The lowest BCUT2D eigenvalue weighted by atomic mass is 10.2. The highest BCUT2D eigenvalue weighted by Crippen LogP contribution is 2.23. The molecule has 2 N–H and O–H groups in total. The summed E-state index contributed by atoms with van der Waals surface area (Å²) in [4.78, 5) is 11.1. The van der Waals surface area contributed by atoms with Gasteiger partial charge >= 0.3 is 0 Å². The molecule has 0 atom stereocenters. The van der Waals surface area contributed by atoms with Gasteiger partial charge in [-0.15, -0.1) is 0 Å². The Morgan fingerprint density at radius 2 is 1.88 bits per heavy atom. The second kappa shape index (κ2) is 4.49. The number of para-hydroxylation sites is 1. The van der Waals surface area contributed by atoms with E-state index >= 15 is 0 Å². The average Bonchev–Trinajstić information content (AvgIpc) is 2.31. The van der Waals surface area contributed by atoms with Crippen LogP contribution in [0.2, 0.25) is 0 Å². The first-order valence-corrected chi connectivity index (χ1v) is 4.81. The standard InChI is InChI=1S/C13H10NO2/c14-13(15)11-8-4-5-9-12(11)16-10-6-2-1-3-7-10/h1-7,9H,(H2,14,15). The predicted molar refractivity (Wildman–Crippen MR) is 60.3 cm³/mol. The summed E-state index contributed by atoms with van der Waals surface area (Å²) in [6, 6.07) is 17.0. The van der Waals surface area contributed by atoms with Crippen molar-refractivity contribution in [3.05, 3.63) is 60.2 Å². The molecule has 2 aromatic rings. The van der Waals surface area contributed by atoms with Gasteiger partial charge in [-0.05, 0) is 24.3 Å². The van der Waals surface area contributed by atoms with Crippen molar-refractivity contribution in [2.24, 2.45) is 5.73 Å². The maximum Gasteiger partial charge on any atom is 0.253 e. The molecule has 0 aliphatic heterocycles. The highest BCUT2D eigenvalue weighted by atomic mass is 16.5. The van der Waals surface area contributed by atoms with Crippen LogP contribution in [0, 0.1) is 6.07 Å². The number of amides is 1. The van der Waals surface area contributed by atoms with Crippen LogP contribution in [-0.2, 0) is 0 Å². The van der Waals surface area contributed by atoms with Crippen LogP contribution in [0.5, 0.6) is 11.5 Å². The third-order valence-electron chi connectivity index (χ3n) is 2.04. The molecule has 3 heteroatoms. The summed E-state index contributed by atoms with van der Waals surface area (Å²) in [5, 5.41) is 0. The Balaban J connectivity index is 2.31. The number of primary amides is 1. The molecule has 16 heavy (non-hydrogen) atoms. The quantitative estimate of drug-likeness (QED) is 0.849. The van der Waals surface area contributed by atoms with E-state index in [1.54, 1.807) is 30.3 Å². The highest BCUT2D eigenvalue weighted by molar-refractivity contribution is 5.95. The van der Waals surface area contributed by atoms with Crippen LogP contribution in [0.15, 0.2) is 48.5 Å². The molecule has 0 aromatic heterocycles. The van der Waals surface area contributed by atoms with Gasteiger partial charge < -0.3 is 10.5 Å². The number of hydrogen-bond donors (Lipinski definition) is 1. The number of benzene rings is 2. The first-order valence-electron chi connectivity index (χ1n) is 4.81. The van der Waals surface area contributed by atoms with Gasteiger partial charge in [0, 0.05) is 0 Å². The summed E-state index contributed by atoms with van der Waals surface area (Å²) >= 11 is 0. The molecule has 0 saturated carbocycles. The molecule has 0 saturated heterocycles. The smallest absolute Gasteiger partial charge is 0.253 e. The van der Waals surface area contributed by atoms with E-state index in [0.717, 1.165) is 0 Å². The second-order valence-electron chi connectivity index (χ2n) is 3.19. The summed E-state index contributed by atoms with van der Waals surface area (Å²) in [7, 11) is 0. The second-order valence-corrected chi connectivity index (χ2v) is 3.19. The van der Waals surface area contributed by atoms with Crippen LogP contribution in [0.4, 0.5) is 0 Å². The minimum atomic E-state index is -0.550. The molecule has 3 nitrogen and oxygen atoms in total. The minimum absolute atomic E-state index is 0.256. The van der Waals surface area contributed by atoms with E-state index in [0.29, 0.717) is 11.5 Å². The lowest BCUT2D eigenvalue weighted by Crippen LogP contribution is -2.12. The zero-order chi connectivity index (χ0) is 11.4. The molecular weight excluding hydrogens is 202 g/mol. The molecule has 2 rings (SSSR count). The van der Waals surface area contributed by atoms with Crippen molar-refractivity contribution in [1.82, 2.24) is 0 Å². The Morgan fingerprint density at radius 3 is 2.56 bits per heavy atom. The Hall–Kier alpha value is -2.29. The molecule has 0 aliphatic rings. The molecule has 1 amide bonds. The molecule has 0 heterocycles. The number of nitrogens with two attached hydrogens (primary N) is 1. The average molecular weight is 212 g/mol. The molecule has 0 fully saturated rings. The fraction of sp³-hybridized carbons (Fsp3) is 0. The molecule has 79 valence electrons. The van der Waals surface area contributed by atoms with Crippen LogP contribution in [0.3, 0.4) is 0 Å². The fourth-order valence-corrected chi connectivity index (χ4v) is 1.31. The monoisotopic (exact) mass is 212 g/mol. The maximum absolute atomic E-state index is 11.1. The van der Waals surface area contributed by atoms with Crippen molar-refractivity contribution < 1.29 is 9.53 Å². The van der Waals surface area contributed by atoms with Crippen molar-refractivity contribution >= 4 is 5.91 Å². The Labute approximate surface area is 93.5 Å². The van der Waals surface area contributed by atoms with E-state index in [2.05, 4.69) is 6.07 Å². The summed E-state index contributed by atoms with van der Waals surface area (Å²) in [5.74, 6) is 0.525. The Morgan fingerprint density at radius 1 is 1.12 bits per heavy atom. The Bertz CT molecular complexity index is 494. The minimum Gasteiger partial charge on any atom is -0.457 e. The molecular formula is C13H10NO2. The van der Waals surface area contributed by atoms with Crippen molar-refractivity contribution in [3.8, 4) is 11.5 Å². The predicted octanol–water partition coefficient (Wildman–Crippen LogP) is 2.38. The highest BCUT2D eigenvalue weighted by Gasteiger charge is 2.08. The third kappa shape index (κ3) is 2.20. The van der Waals surface area contributed by atoms with Gasteiger partial charge in [-0.3, -0.25) is 4.79 Å². The summed E-state index contributed by atoms with van der Waals surface area (Å²) in [5.41, 5.74) is 5.47. The van der Waals surface area contributed by atoms with Crippen molar-refractivity contribution in [3.63, 3.8) is 0 Å². The number of hydrogen-bond acceptors (Lipinski definition) is 2. The Kier molecular flexibility index (Phi) is 2.87. The van der Waals surface area contributed by atoms with E-state index in [-0.39, 0.29) is 5.56 Å². The van der Waals surface area contributed by atoms with Gasteiger partial charge in [-0.25, -0.2) is 0 Å². The maximum atomic E-state index is 11.1. The SMILES string of the molecule is NC(=O)c1[c]cccc1Oc1ccccc1. The van der Waals surface area contributed by atoms with Crippen molar-refractivity contribution in [2.45, 2.75) is 0 Å². The summed E-state index contributed by atoms with van der Waals surface area (Å²) < 4.78 is 5.54.